The summed E-state index contributed by atoms with van der Waals surface area (Å²) in [6.07, 6.45) is 0. The molecule has 0 radical (unpaired) electrons. The maximum atomic E-state index is 11.8. The fourth-order valence-electron chi connectivity index (χ4n) is 1.04. The van der Waals surface area contributed by atoms with Crippen LogP contribution < -0.4 is 5.48 Å². The molecule has 0 aliphatic heterocycles. The van der Waals surface area contributed by atoms with Gasteiger partial charge in [0.05, 0.1) is 5.41 Å². The van der Waals surface area contributed by atoms with Gasteiger partial charge in [0.15, 0.2) is 0 Å². The molecule has 1 aromatic carbocycles. The van der Waals surface area contributed by atoms with Crippen molar-refractivity contribution in [2.45, 2.75) is 25.6 Å². The largest absolute Gasteiger partial charge is 0.340 e. The Balaban J connectivity index is 2.57. The fraction of sp³-hybridized carbons (Fsp3) is 0.385. The zero-order chi connectivity index (χ0) is 13.8. The number of hydrogen-bond donors (Lipinski definition) is 1. The molecule has 0 saturated heterocycles. The van der Waals surface area contributed by atoms with Crippen LogP contribution in [-0.4, -0.2) is 16.7 Å². The highest BCUT2D eigenvalue weighted by molar-refractivity contribution is 9.09. The van der Waals surface area contributed by atoms with Gasteiger partial charge in [-0.1, -0.05) is 41.1 Å². The molecule has 0 aromatic heterocycles. The first kappa shape index (κ1) is 14.7. The van der Waals surface area contributed by atoms with Crippen LogP contribution in [0.2, 0.25) is 0 Å². The zero-order valence-corrected chi connectivity index (χ0v) is 12.2. The molecule has 0 aliphatic carbocycles. The maximum Gasteiger partial charge on any atom is 0.338 e. The van der Waals surface area contributed by atoms with Crippen molar-refractivity contribution in [1.29, 1.82) is 0 Å². The Morgan fingerprint density at radius 3 is 2.33 bits per heavy atom. The minimum Gasteiger partial charge on any atom is -0.340 e. The van der Waals surface area contributed by atoms with Crippen LogP contribution in [-0.2, 0) is 9.63 Å². The lowest BCUT2D eigenvalue weighted by atomic mass is 9.91. The standard InChI is InChI=1S/C13H16BrNO3/c1-9(14)13(2,3)12(17)18-15-11(16)10-7-5-4-6-8-10/h4-9H,1-3H3,(H,15,16). The molecule has 1 atom stereocenters. The highest BCUT2D eigenvalue weighted by Crippen LogP contribution is 2.27. The summed E-state index contributed by atoms with van der Waals surface area (Å²) in [5.41, 5.74) is 1.87. The van der Waals surface area contributed by atoms with Gasteiger partial charge in [-0.2, -0.15) is 5.48 Å². The van der Waals surface area contributed by atoms with E-state index in [1.807, 2.05) is 6.92 Å². The van der Waals surface area contributed by atoms with Gasteiger partial charge in [-0.05, 0) is 26.0 Å². The lowest BCUT2D eigenvalue weighted by Gasteiger charge is -2.24. The van der Waals surface area contributed by atoms with Crippen molar-refractivity contribution in [3.63, 3.8) is 0 Å². The normalized spacial score (nSPS) is 12.7. The molecule has 4 nitrogen and oxygen atoms in total. The van der Waals surface area contributed by atoms with Gasteiger partial charge in [-0.3, -0.25) is 4.79 Å². The Bertz CT molecular complexity index is 429. The summed E-state index contributed by atoms with van der Waals surface area (Å²) in [7, 11) is 0. The number of hydroxylamine groups is 1. The summed E-state index contributed by atoms with van der Waals surface area (Å²) in [5, 5.41) is 0. The number of benzene rings is 1. The molecule has 0 saturated carbocycles. The average Bonchev–Trinajstić information content (AvgIpc) is 2.36. The predicted molar refractivity (Wildman–Crippen MR) is 72.2 cm³/mol. The molecule has 98 valence electrons. The van der Waals surface area contributed by atoms with Crippen LogP contribution in [0.5, 0.6) is 0 Å². The highest BCUT2D eigenvalue weighted by atomic mass is 79.9. The smallest absolute Gasteiger partial charge is 0.338 e. The lowest BCUT2D eigenvalue weighted by molar-refractivity contribution is -0.159. The molecule has 1 aromatic rings. The van der Waals surface area contributed by atoms with Gasteiger partial charge in [0.1, 0.15) is 0 Å². The minimum atomic E-state index is -0.718. The number of alkyl halides is 1. The fourth-order valence-corrected chi connectivity index (χ4v) is 1.22. The predicted octanol–water partition coefficient (Wildman–Crippen LogP) is 2.68. The molecule has 1 N–H and O–H groups in total. The summed E-state index contributed by atoms with van der Waals surface area (Å²) in [6.45, 7) is 5.33. The van der Waals surface area contributed by atoms with Gasteiger partial charge in [0.25, 0.3) is 5.91 Å². The van der Waals surface area contributed by atoms with E-state index in [4.69, 9.17) is 4.84 Å². The van der Waals surface area contributed by atoms with Crippen molar-refractivity contribution in [2.24, 2.45) is 5.41 Å². The van der Waals surface area contributed by atoms with Gasteiger partial charge in [-0.25, -0.2) is 4.79 Å². The molecular formula is C13H16BrNO3. The molecule has 0 bridgehead atoms. The van der Waals surface area contributed by atoms with E-state index in [1.54, 1.807) is 44.2 Å². The molecule has 1 amide bonds. The summed E-state index contributed by atoms with van der Waals surface area (Å²) in [5.74, 6) is -0.932. The Labute approximate surface area is 115 Å². The van der Waals surface area contributed by atoms with Crippen LogP contribution in [0.25, 0.3) is 0 Å². The van der Waals surface area contributed by atoms with Crippen LogP contribution in [0.1, 0.15) is 31.1 Å². The van der Waals surface area contributed by atoms with Gasteiger partial charge in [0.2, 0.25) is 0 Å². The number of carbonyl (C=O) groups is 2. The van der Waals surface area contributed by atoms with E-state index >= 15 is 0 Å². The van der Waals surface area contributed by atoms with Crippen molar-refractivity contribution in [2.75, 3.05) is 0 Å². The van der Waals surface area contributed by atoms with Crippen LogP contribution in [0.3, 0.4) is 0 Å². The van der Waals surface area contributed by atoms with Crippen LogP contribution in [0.4, 0.5) is 0 Å². The number of halogens is 1. The van der Waals surface area contributed by atoms with Crippen molar-refractivity contribution in [3.8, 4) is 0 Å². The second kappa shape index (κ2) is 6.00. The van der Waals surface area contributed by atoms with Crippen molar-refractivity contribution < 1.29 is 14.4 Å². The Morgan fingerprint density at radius 1 is 1.28 bits per heavy atom. The van der Waals surface area contributed by atoms with Crippen LogP contribution >= 0.6 is 15.9 Å². The van der Waals surface area contributed by atoms with Gasteiger partial charge >= 0.3 is 5.97 Å². The van der Waals surface area contributed by atoms with Crippen molar-refractivity contribution in [1.82, 2.24) is 5.48 Å². The molecule has 5 heteroatoms. The number of carbonyl (C=O) groups excluding carboxylic acids is 2. The summed E-state index contributed by atoms with van der Waals surface area (Å²) in [6, 6.07) is 8.56. The van der Waals surface area contributed by atoms with Gasteiger partial charge < -0.3 is 4.84 Å². The van der Waals surface area contributed by atoms with Crippen LogP contribution in [0.15, 0.2) is 30.3 Å². The second-order valence-electron chi connectivity index (χ2n) is 4.52. The second-order valence-corrected chi connectivity index (χ2v) is 5.90. The van der Waals surface area contributed by atoms with E-state index < -0.39 is 17.3 Å². The Hall–Kier alpha value is -1.36. The first-order valence-electron chi connectivity index (χ1n) is 5.56. The van der Waals surface area contributed by atoms with E-state index in [0.717, 1.165) is 0 Å². The topological polar surface area (TPSA) is 55.4 Å². The molecular weight excluding hydrogens is 298 g/mol. The maximum absolute atomic E-state index is 11.8. The zero-order valence-electron chi connectivity index (χ0n) is 10.6. The quantitative estimate of drug-likeness (QED) is 0.689. The third-order valence-electron chi connectivity index (χ3n) is 2.79. The van der Waals surface area contributed by atoms with E-state index in [1.165, 1.54) is 0 Å². The number of hydrogen-bond acceptors (Lipinski definition) is 3. The SMILES string of the molecule is CC(Br)C(C)(C)C(=O)ONC(=O)c1ccccc1. The third kappa shape index (κ3) is 3.57. The molecule has 18 heavy (non-hydrogen) atoms. The number of rotatable bonds is 3. The first-order valence-corrected chi connectivity index (χ1v) is 6.48. The molecule has 0 aliphatic rings. The van der Waals surface area contributed by atoms with Crippen molar-refractivity contribution in [3.05, 3.63) is 35.9 Å². The third-order valence-corrected chi connectivity index (χ3v) is 3.94. The highest BCUT2D eigenvalue weighted by Gasteiger charge is 2.35. The van der Waals surface area contributed by atoms with Gasteiger partial charge in [0, 0.05) is 10.4 Å². The number of amides is 1. The molecule has 1 rings (SSSR count). The van der Waals surface area contributed by atoms with E-state index in [0.29, 0.717) is 5.56 Å². The Kier molecular flexibility index (Phi) is 4.90. The lowest BCUT2D eigenvalue weighted by Crippen LogP contribution is -2.38. The molecule has 0 heterocycles. The molecule has 0 spiro atoms. The number of nitrogens with one attached hydrogen (secondary N) is 1. The average molecular weight is 314 g/mol. The van der Waals surface area contributed by atoms with E-state index in [2.05, 4.69) is 21.4 Å². The molecule has 1 unspecified atom stereocenters. The van der Waals surface area contributed by atoms with E-state index in [-0.39, 0.29) is 4.83 Å². The van der Waals surface area contributed by atoms with Gasteiger partial charge in [-0.15, -0.1) is 0 Å². The summed E-state index contributed by atoms with van der Waals surface area (Å²) >= 11 is 3.33. The van der Waals surface area contributed by atoms with Crippen LogP contribution in [0, 0.1) is 5.41 Å². The van der Waals surface area contributed by atoms with E-state index in [9.17, 15) is 9.59 Å². The molecule has 0 fully saturated rings. The summed E-state index contributed by atoms with van der Waals surface area (Å²) in [4.78, 5) is 28.2. The minimum absolute atomic E-state index is 0.0638. The monoisotopic (exact) mass is 313 g/mol. The van der Waals surface area contributed by atoms with Crippen molar-refractivity contribution >= 4 is 27.8 Å². The first-order chi connectivity index (χ1) is 8.35. The Morgan fingerprint density at radius 2 is 1.83 bits per heavy atom. The summed E-state index contributed by atoms with van der Waals surface area (Å²) < 4.78 is 0.